The van der Waals surface area contributed by atoms with Gasteiger partial charge >= 0.3 is 11.8 Å². The lowest BCUT2D eigenvalue weighted by molar-refractivity contribution is 0.0991. The highest BCUT2D eigenvalue weighted by Crippen LogP contribution is 2.24. The first-order chi connectivity index (χ1) is 13.2. The number of nitrogens with zero attached hydrogens (tertiary/aromatic N) is 3. The molecule has 1 saturated heterocycles. The van der Waals surface area contributed by atoms with Crippen LogP contribution in [0.1, 0.15) is 30.5 Å². The number of rotatable bonds is 4. The van der Waals surface area contributed by atoms with Gasteiger partial charge in [0, 0.05) is 30.0 Å². The molecule has 0 aliphatic carbocycles. The summed E-state index contributed by atoms with van der Waals surface area (Å²) in [6.45, 7) is 4.46. The predicted molar refractivity (Wildman–Crippen MR) is 105 cm³/mol. The first kappa shape index (κ1) is 17.3. The zero-order valence-corrected chi connectivity index (χ0v) is 15.3. The Kier molecular flexibility index (Phi) is 4.87. The van der Waals surface area contributed by atoms with Gasteiger partial charge in [0.15, 0.2) is 0 Å². The molecule has 1 N–H and O–H groups in total. The fourth-order valence-corrected chi connectivity index (χ4v) is 3.22. The molecule has 0 spiro atoms. The van der Waals surface area contributed by atoms with Gasteiger partial charge in [-0.15, -0.1) is 10.2 Å². The summed E-state index contributed by atoms with van der Waals surface area (Å²) in [5.41, 5.74) is 2.67. The largest absolute Gasteiger partial charge is 0.412 e. The maximum Gasteiger partial charge on any atom is 0.313 e. The quantitative estimate of drug-likeness (QED) is 0.752. The Morgan fingerprint density at radius 2 is 1.74 bits per heavy atom. The van der Waals surface area contributed by atoms with Crippen LogP contribution in [0.25, 0.3) is 11.5 Å². The summed E-state index contributed by atoms with van der Waals surface area (Å²) in [4.78, 5) is 14.7. The monoisotopic (exact) mass is 362 g/mol. The smallest absolute Gasteiger partial charge is 0.313 e. The van der Waals surface area contributed by atoms with E-state index >= 15 is 0 Å². The number of hydrogen-bond donors (Lipinski definition) is 1. The van der Waals surface area contributed by atoms with E-state index < -0.39 is 5.91 Å². The molecule has 6 nitrogen and oxygen atoms in total. The maximum atomic E-state index is 12.4. The van der Waals surface area contributed by atoms with Crippen LogP contribution in [0, 0.1) is 5.92 Å². The summed E-state index contributed by atoms with van der Waals surface area (Å²) in [5, 5.41) is 10.6. The van der Waals surface area contributed by atoms with Crippen LogP contribution in [-0.4, -0.2) is 29.2 Å². The van der Waals surface area contributed by atoms with Crippen LogP contribution < -0.4 is 10.2 Å². The van der Waals surface area contributed by atoms with Crippen LogP contribution in [0.3, 0.4) is 0 Å². The van der Waals surface area contributed by atoms with Crippen molar-refractivity contribution in [1.29, 1.82) is 0 Å². The lowest BCUT2D eigenvalue weighted by Crippen LogP contribution is -2.32. The molecule has 0 unspecified atom stereocenters. The number of anilines is 2. The van der Waals surface area contributed by atoms with Crippen molar-refractivity contribution in [3.8, 4) is 11.5 Å². The van der Waals surface area contributed by atoms with Gasteiger partial charge in [0.25, 0.3) is 0 Å². The second kappa shape index (κ2) is 7.61. The fourth-order valence-electron chi connectivity index (χ4n) is 3.22. The third-order valence-corrected chi connectivity index (χ3v) is 4.91. The van der Waals surface area contributed by atoms with E-state index in [-0.39, 0.29) is 5.89 Å². The average molecular weight is 362 g/mol. The summed E-state index contributed by atoms with van der Waals surface area (Å²) < 4.78 is 5.49. The van der Waals surface area contributed by atoms with Gasteiger partial charge in [0.1, 0.15) is 0 Å². The molecule has 1 aliphatic heterocycles. The van der Waals surface area contributed by atoms with E-state index in [1.165, 1.54) is 18.5 Å². The molecular weight excluding hydrogens is 340 g/mol. The van der Waals surface area contributed by atoms with E-state index in [4.69, 9.17) is 4.42 Å². The summed E-state index contributed by atoms with van der Waals surface area (Å²) in [5.74, 6) is 0.664. The van der Waals surface area contributed by atoms with Crippen molar-refractivity contribution >= 4 is 17.3 Å². The summed E-state index contributed by atoms with van der Waals surface area (Å²) >= 11 is 0. The zero-order valence-electron chi connectivity index (χ0n) is 15.3. The molecule has 0 atom stereocenters. The molecule has 2 heterocycles. The Morgan fingerprint density at radius 1 is 1.04 bits per heavy atom. The molecule has 2 aromatic carbocycles. The minimum atomic E-state index is -0.413. The molecule has 27 heavy (non-hydrogen) atoms. The highest BCUT2D eigenvalue weighted by molar-refractivity contribution is 6.01. The van der Waals surface area contributed by atoms with E-state index in [0.717, 1.165) is 24.6 Å². The minimum Gasteiger partial charge on any atom is -0.412 e. The molecule has 6 heteroatoms. The lowest BCUT2D eigenvalue weighted by atomic mass is 9.99. The molecular formula is C21H22N4O2. The Labute approximate surface area is 158 Å². The molecule has 1 fully saturated rings. The Balaban J connectivity index is 1.40. The minimum absolute atomic E-state index is 0.0528. The van der Waals surface area contributed by atoms with Gasteiger partial charge in [0.2, 0.25) is 5.89 Å². The summed E-state index contributed by atoms with van der Waals surface area (Å²) in [6, 6.07) is 17.3. The summed E-state index contributed by atoms with van der Waals surface area (Å²) in [7, 11) is 0. The van der Waals surface area contributed by atoms with E-state index in [1.807, 2.05) is 54.6 Å². The third kappa shape index (κ3) is 4.00. The van der Waals surface area contributed by atoms with E-state index in [1.54, 1.807) is 0 Å². The van der Waals surface area contributed by atoms with Gasteiger partial charge in [-0.3, -0.25) is 4.79 Å². The highest BCUT2D eigenvalue weighted by atomic mass is 16.4. The van der Waals surface area contributed by atoms with Crippen LogP contribution in [-0.2, 0) is 0 Å². The van der Waals surface area contributed by atoms with Crippen molar-refractivity contribution in [3.63, 3.8) is 0 Å². The van der Waals surface area contributed by atoms with Crippen LogP contribution in [0.5, 0.6) is 0 Å². The van der Waals surface area contributed by atoms with E-state index in [0.29, 0.717) is 11.6 Å². The van der Waals surface area contributed by atoms with Gasteiger partial charge in [-0.2, -0.15) is 0 Å². The highest BCUT2D eigenvalue weighted by Gasteiger charge is 2.18. The maximum absolute atomic E-state index is 12.4. The number of nitrogens with one attached hydrogen (secondary N) is 1. The van der Waals surface area contributed by atoms with Crippen molar-refractivity contribution in [2.45, 2.75) is 19.8 Å². The zero-order chi connectivity index (χ0) is 18.6. The number of carbonyl (C=O) groups is 1. The average Bonchev–Trinajstić information content (AvgIpc) is 3.20. The first-order valence-electron chi connectivity index (χ1n) is 9.24. The van der Waals surface area contributed by atoms with E-state index in [9.17, 15) is 4.79 Å². The van der Waals surface area contributed by atoms with Gasteiger partial charge in [-0.05, 0) is 55.2 Å². The van der Waals surface area contributed by atoms with Crippen LogP contribution >= 0.6 is 0 Å². The second-order valence-corrected chi connectivity index (χ2v) is 6.95. The van der Waals surface area contributed by atoms with Crippen molar-refractivity contribution in [2.75, 3.05) is 23.3 Å². The fraction of sp³-hybridized carbons (Fsp3) is 0.286. The van der Waals surface area contributed by atoms with Crippen LogP contribution in [0.4, 0.5) is 11.4 Å². The predicted octanol–water partition coefficient (Wildman–Crippen LogP) is 4.23. The van der Waals surface area contributed by atoms with Crippen molar-refractivity contribution in [2.24, 2.45) is 5.92 Å². The Hall–Kier alpha value is -3.15. The molecule has 3 aromatic rings. The van der Waals surface area contributed by atoms with Crippen LogP contribution in [0.2, 0.25) is 0 Å². The number of piperidine rings is 1. The van der Waals surface area contributed by atoms with E-state index in [2.05, 4.69) is 27.3 Å². The SMILES string of the molecule is CC1CCN(c2ccc(NC(=O)c3nnc(-c4ccccc4)o3)cc2)CC1. The molecule has 1 amide bonds. The first-order valence-corrected chi connectivity index (χ1v) is 9.24. The van der Waals surface area contributed by atoms with Gasteiger partial charge in [-0.1, -0.05) is 25.1 Å². The van der Waals surface area contributed by atoms with Gasteiger partial charge < -0.3 is 14.6 Å². The third-order valence-electron chi connectivity index (χ3n) is 4.91. The number of hydrogen-bond acceptors (Lipinski definition) is 5. The van der Waals surface area contributed by atoms with Gasteiger partial charge in [0.05, 0.1) is 0 Å². The second-order valence-electron chi connectivity index (χ2n) is 6.95. The molecule has 1 aromatic heterocycles. The molecule has 0 bridgehead atoms. The molecule has 138 valence electrons. The normalized spacial score (nSPS) is 14.9. The van der Waals surface area contributed by atoms with Crippen LogP contribution in [0.15, 0.2) is 59.0 Å². The topological polar surface area (TPSA) is 71.3 Å². The lowest BCUT2D eigenvalue weighted by Gasteiger charge is -2.32. The van der Waals surface area contributed by atoms with Crippen molar-refractivity contribution in [3.05, 3.63) is 60.5 Å². The number of aromatic nitrogens is 2. The standard InChI is InChI=1S/C21H22N4O2/c1-15-11-13-25(14-12-15)18-9-7-17(8-10-18)22-19(26)21-24-23-20(27-21)16-5-3-2-4-6-16/h2-10,15H,11-14H2,1H3,(H,22,26). The molecule has 0 radical (unpaired) electrons. The molecule has 4 rings (SSSR count). The number of benzene rings is 2. The Morgan fingerprint density at radius 3 is 2.44 bits per heavy atom. The van der Waals surface area contributed by atoms with Crippen molar-refractivity contribution in [1.82, 2.24) is 10.2 Å². The molecule has 1 aliphatic rings. The van der Waals surface area contributed by atoms with Gasteiger partial charge in [-0.25, -0.2) is 0 Å². The molecule has 0 saturated carbocycles. The number of carbonyl (C=O) groups excluding carboxylic acids is 1. The number of amides is 1. The summed E-state index contributed by atoms with van der Waals surface area (Å²) in [6.07, 6.45) is 2.44. The Bertz CT molecular complexity index is 897. The van der Waals surface area contributed by atoms with Crippen molar-refractivity contribution < 1.29 is 9.21 Å².